The number of para-hydroxylation sites is 1. The molecule has 0 bridgehead atoms. The summed E-state index contributed by atoms with van der Waals surface area (Å²) in [6.45, 7) is 2.12. The van der Waals surface area contributed by atoms with Crippen LogP contribution >= 0.6 is 0 Å². The topological polar surface area (TPSA) is 58.4 Å². The number of likely N-dealkylation sites (N-methyl/N-ethyl adjacent to an activating group) is 1. The van der Waals surface area contributed by atoms with Crippen LogP contribution in [-0.2, 0) is 4.79 Å². The van der Waals surface area contributed by atoms with Crippen molar-refractivity contribution in [3.8, 4) is 0 Å². The van der Waals surface area contributed by atoms with E-state index in [1.807, 2.05) is 25.2 Å². The Hall–Kier alpha value is -1.55. The van der Waals surface area contributed by atoms with Crippen LogP contribution in [0.1, 0.15) is 19.3 Å². The Balaban J connectivity index is 1.74. The minimum Gasteiger partial charge on any atom is -0.373 e. The van der Waals surface area contributed by atoms with E-state index < -0.39 is 0 Å². The molecular weight excluding hydrogens is 250 g/mol. The third-order valence-corrected chi connectivity index (χ3v) is 4.24. The summed E-state index contributed by atoms with van der Waals surface area (Å²) < 4.78 is 0. The Morgan fingerprint density at radius 2 is 2.10 bits per heavy atom. The van der Waals surface area contributed by atoms with Crippen molar-refractivity contribution in [3.63, 3.8) is 0 Å². The van der Waals surface area contributed by atoms with Gasteiger partial charge in [-0.15, -0.1) is 0 Å². The minimum atomic E-state index is 0.127. The second-order valence-electron chi connectivity index (χ2n) is 5.58. The average molecular weight is 275 g/mol. The van der Waals surface area contributed by atoms with Crippen LogP contribution in [0, 0.1) is 11.8 Å². The molecule has 20 heavy (non-hydrogen) atoms. The maximum absolute atomic E-state index is 12.1. The normalized spacial score (nSPS) is 21.7. The van der Waals surface area contributed by atoms with Crippen molar-refractivity contribution in [2.45, 2.75) is 19.3 Å². The number of nitrogens with one attached hydrogen (secondary N) is 1. The van der Waals surface area contributed by atoms with Crippen LogP contribution in [0.5, 0.6) is 0 Å². The highest BCUT2D eigenvalue weighted by atomic mass is 16.1. The van der Waals surface area contributed by atoms with Crippen LogP contribution in [0.3, 0.4) is 0 Å². The van der Waals surface area contributed by atoms with Gasteiger partial charge in [-0.2, -0.15) is 0 Å². The lowest BCUT2D eigenvalue weighted by atomic mass is 9.95. The molecule has 2 atom stereocenters. The van der Waals surface area contributed by atoms with Crippen LogP contribution < -0.4 is 16.0 Å². The highest BCUT2D eigenvalue weighted by Gasteiger charge is 2.31. The highest BCUT2D eigenvalue weighted by molar-refractivity contribution is 5.79. The van der Waals surface area contributed by atoms with E-state index in [-0.39, 0.29) is 11.8 Å². The lowest BCUT2D eigenvalue weighted by Crippen LogP contribution is -2.38. The van der Waals surface area contributed by atoms with Crippen LogP contribution in [0.15, 0.2) is 30.3 Å². The molecule has 4 heteroatoms. The molecule has 1 aliphatic carbocycles. The fourth-order valence-electron chi connectivity index (χ4n) is 2.95. The number of carbonyl (C=O) groups is 1. The van der Waals surface area contributed by atoms with Gasteiger partial charge in [0.1, 0.15) is 0 Å². The number of anilines is 1. The summed E-state index contributed by atoms with van der Waals surface area (Å²) in [7, 11) is 2.04. The van der Waals surface area contributed by atoms with Crippen molar-refractivity contribution < 1.29 is 4.79 Å². The molecule has 3 N–H and O–H groups in total. The second kappa shape index (κ2) is 7.29. The molecule has 0 spiro atoms. The molecule has 1 aromatic carbocycles. The quantitative estimate of drug-likeness (QED) is 0.829. The summed E-state index contributed by atoms with van der Waals surface area (Å²) >= 11 is 0. The largest absolute Gasteiger partial charge is 0.373 e. The van der Waals surface area contributed by atoms with E-state index in [1.54, 1.807) is 0 Å². The van der Waals surface area contributed by atoms with Gasteiger partial charge < -0.3 is 16.0 Å². The van der Waals surface area contributed by atoms with Gasteiger partial charge in [0.2, 0.25) is 5.91 Å². The average Bonchev–Trinajstić information content (AvgIpc) is 2.96. The molecule has 1 fully saturated rings. The maximum Gasteiger partial charge on any atom is 0.223 e. The van der Waals surface area contributed by atoms with Gasteiger partial charge >= 0.3 is 0 Å². The zero-order valence-corrected chi connectivity index (χ0v) is 12.2. The number of amides is 1. The molecule has 0 aromatic heterocycles. The zero-order chi connectivity index (χ0) is 14.4. The van der Waals surface area contributed by atoms with Crippen LogP contribution in [0.25, 0.3) is 0 Å². The van der Waals surface area contributed by atoms with Gasteiger partial charge in [0.05, 0.1) is 0 Å². The smallest absolute Gasteiger partial charge is 0.223 e. The first-order valence-corrected chi connectivity index (χ1v) is 7.46. The Morgan fingerprint density at radius 3 is 2.80 bits per heavy atom. The summed E-state index contributed by atoms with van der Waals surface area (Å²) in [4.78, 5) is 14.3. The van der Waals surface area contributed by atoms with Gasteiger partial charge in [0.15, 0.2) is 0 Å². The van der Waals surface area contributed by atoms with Gasteiger partial charge in [-0.05, 0) is 37.4 Å². The van der Waals surface area contributed by atoms with Crippen LogP contribution in [0.4, 0.5) is 5.69 Å². The van der Waals surface area contributed by atoms with Crippen molar-refractivity contribution in [1.29, 1.82) is 0 Å². The van der Waals surface area contributed by atoms with E-state index >= 15 is 0 Å². The van der Waals surface area contributed by atoms with Crippen LogP contribution in [-0.4, -0.2) is 32.6 Å². The number of nitrogens with two attached hydrogens (primary N) is 1. The third kappa shape index (κ3) is 3.73. The molecule has 2 unspecified atom stereocenters. The fourth-order valence-corrected chi connectivity index (χ4v) is 2.95. The SMILES string of the molecule is CN(CCNC(=O)C1CCCC1CN)c1ccccc1. The first-order valence-electron chi connectivity index (χ1n) is 7.46. The van der Waals surface area contributed by atoms with E-state index in [0.717, 1.165) is 25.8 Å². The molecule has 0 heterocycles. The molecule has 1 aromatic rings. The first-order chi connectivity index (χ1) is 9.72. The van der Waals surface area contributed by atoms with Crippen molar-refractivity contribution in [2.24, 2.45) is 17.6 Å². The highest BCUT2D eigenvalue weighted by Crippen LogP contribution is 2.30. The van der Waals surface area contributed by atoms with E-state index in [2.05, 4.69) is 22.3 Å². The number of hydrogen-bond donors (Lipinski definition) is 2. The third-order valence-electron chi connectivity index (χ3n) is 4.24. The van der Waals surface area contributed by atoms with Gasteiger partial charge in [0, 0.05) is 31.7 Å². The molecule has 1 amide bonds. The van der Waals surface area contributed by atoms with Gasteiger partial charge in [0.25, 0.3) is 0 Å². The summed E-state index contributed by atoms with van der Waals surface area (Å²) in [6.07, 6.45) is 3.21. The lowest BCUT2D eigenvalue weighted by molar-refractivity contribution is -0.125. The maximum atomic E-state index is 12.1. The molecule has 0 radical (unpaired) electrons. The summed E-state index contributed by atoms with van der Waals surface area (Å²) in [5, 5.41) is 3.05. The Labute approximate surface area is 121 Å². The second-order valence-corrected chi connectivity index (χ2v) is 5.58. The van der Waals surface area contributed by atoms with E-state index in [1.165, 1.54) is 5.69 Å². The Bertz CT molecular complexity index is 421. The standard InChI is InChI=1S/C16H25N3O/c1-19(14-7-3-2-4-8-14)11-10-18-16(20)15-9-5-6-13(15)12-17/h2-4,7-8,13,15H,5-6,9-12,17H2,1H3,(H,18,20). The van der Waals surface area contributed by atoms with Crippen molar-refractivity contribution in [3.05, 3.63) is 30.3 Å². The first kappa shape index (κ1) is 14.9. The van der Waals surface area contributed by atoms with Gasteiger partial charge in [-0.25, -0.2) is 0 Å². The number of carbonyl (C=O) groups excluding carboxylic acids is 1. The van der Waals surface area contributed by atoms with Crippen LogP contribution in [0.2, 0.25) is 0 Å². The number of nitrogens with zero attached hydrogens (tertiary/aromatic N) is 1. The molecular formula is C16H25N3O. The number of benzene rings is 1. The number of hydrogen-bond acceptors (Lipinski definition) is 3. The molecule has 2 rings (SSSR count). The van der Waals surface area contributed by atoms with E-state index in [9.17, 15) is 4.79 Å². The Kier molecular flexibility index (Phi) is 5.41. The molecule has 110 valence electrons. The van der Waals surface area contributed by atoms with Gasteiger partial charge in [-0.3, -0.25) is 4.79 Å². The van der Waals surface area contributed by atoms with Crippen molar-refractivity contribution in [2.75, 3.05) is 31.6 Å². The lowest BCUT2D eigenvalue weighted by Gasteiger charge is -2.21. The van der Waals surface area contributed by atoms with Gasteiger partial charge in [-0.1, -0.05) is 24.6 Å². The zero-order valence-electron chi connectivity index (χ0n) is 12.2. The number of rotatable bonds is 6. The van der Waals surface area contributed by atoms with Crippen molar-refractivity contribution in [1.82, 2.24) is 5.32 Å². The summed E-state index contributed by atoms with van der Waals surface area (Å²) in [6, 6.07) is 10.2. The minimum absolute atomic E-state index is 0.127. The molecule has 4 nitrogen and oxygen atoms in total. The summed E-state index contributed by atoms with van der Waals surface area (Å²) in [5.74, 6) is 0.684. The monoisotopic (exact) mass is 275 g/mol. The van der Waals surface area contributed by atoms with Crippen molar-refractivity contribution >= 4 is 11.6 Å². The molecule has 1 saturated carbocycles. The molecule has 0 saturated heterocycles. The van der Waals surface area contributed by atoms with E-state index in [0.29, 0.717) is 19.0 Å². The fraction of sp³-hybridized carbons (Fsp3) is 0.562. The predicted octanol–water partition coefficient (Wildman–Crippen LogP) is 1.61. The van der Waals surface area contributed by atoms with E-state index in [4.69, 9.17) is 5.73 Å². The predicted molar refractivity (Wildman–Crippen MR) is 82.6 cm³/mol. The Morgan fingerprint density at radius 1 is 1.35 bits per heavy atom. The summed E-state index contributed by atoms with van der Waals surface area (Å²) in [5.41, 5.74) is 6.90. The molecule has 0 aliphatic heterocycles. The molecule has 1 aliphatic rings.